The van der Waals surface area contributed by atoms with Gasteiger partial charge in [-0.25, -0.2) is 13.8 Å². The maximum atomic E-state index is 13.4. The molecule has 1 aromatic rings. The van der Waals surface area contributed by atoms with Crippen LogP contribution in [0.5, 0.6) is 0 Å². The lowest BCUT2D eigenvalue weighted by Gasteiger charge is -2.11. The highest BCUT2D eigenvalue weighted by Crippen LogP contribution is 2.18. The second-order valence-corrected chi connectivity index (χ2v) is 4.26. The van der Waals surface area contributed by atoms with E-state index in [1.54, 1.807) is 0 Å². The molecule has 6 heteroatoms. The molecule has 102 valence electrons. The fourth-order valence-corrected chi connectivity index (χ4v) is 1.51. The summed E-state index contributed by atoms with van der Waals surface area (Å²) in [6.07, 6.45) is 1.63. The van der Waals surface area contributed by atoms with Gasteiger partial charge in [-0.3, -0.25) is 0 Å². The van der Waals surface area contributed by atoms with Crippen LogP contribution in [0.4, 0.5) is 20.4 Å². The first-order valence-electron chi connectivity index (χ1n) is 5.97. The molecule has 0 fully saturated rings. The van der Waals surface area contributed by atoms with Crippen molar-refractivity contribution in [1.82, 2.24) is 4.98 Å². The predicted octanol–water partition coefficient (Wildman–Crippen LogP) is 2.22. The third-order valence-electron chi connectivity index (χ3n) is 2.64. The van der Waals surface area contributed by atoms with E-state index >= 15 is 0 Å². The van der Waals surface area contributed by atoms with Crippen LogP contribution in [0.15, 0.2) is 6.07 Å². The van der Waals surface area contributed by atoms with Crippen LogP contribution in [-0.2, 0) is 0 Å². The maximum absolute atomic E-state index is 13.4. The van der Waals surface area contributed by atoms with E-state index in [1.165, 1.54) is 7.05 Å². The molecule has 0 amide bonds. The van der Waals surface area contributed by atoms with Crippen LogP contribution in [0, 0.1) is 17.6 Å². The van der Waals surface area contributed by atoms with Gasteiger partial charge in [-0.2, -0.15) is 0 Å². The fourth-order valence-electron chi connectivity index (χ4n) is 1.51. The quantitative estimate of drug-likeness (QED) is 0.657. The molecule has 0 spiro atoms. The third-order valence-corrected chi connectivity index (χ3v) is 2.64. The van der Waals surface area contributed by atoms with Gasteiger partial charge in [-0.1, -0.05) is 6.92 Å². The average Bonchev–Trinajstić information content (AvgIpc) is 2.36. The Labute approximate surface area is 105 Å². The Morgan fingerprint density at radius 3 is 2.61 bits per heavy atom. The molecule has 3 N–H and O–H groups in total. The van der Waals surface area contributed by atoms with Gasteiger partial charge in [0.1, 0.15) is 0 Å². The van der Waals surface area contributed by atoms with Gasteiger partial charge >= 0.3 is 0 Å². The number of hydrogen-bond donors (Lipinski definition) is 3. The van der Waals surface area contributed by atoms with Crippen molar-refractivity contribution in [2.24, 2.45) is 5.92 Å². The number of aromatic nitrogens is 1. The molecule has 18 heavy (non-hydrogen) atoms. The number of pyridine rings is 1. The number of hydrogen-bond acceptors (Lipinski definition) is 4. The molecule has 0 saturated carbocycles. The molecule has 4 nitrogen and oxygen atoms in total. The summed E-state index contributed by atoms with van der Waals surface area (Å²) in [5.74, 6) is -1.14. The van der Waals surface area contributed by atoms with E-state index in [1.807, 2.05) is 6.92 Å². The molecule has 0 aliphatic heterocycles. The first kappa shape index (κ1) is 14.6. The van der Waals surface area contributed by atoms with Crippen LogP contribution in [-0.4, -0.2) is 30.3 Å². The number of halogens is 2. The van der Waals surface area contributed by atoms with Crippen LogP contribution in [0.3, 0.4) is 0 Å². The molecule has 1 atom stereocenters. The Morgan fingerprint density at radius 1 is 1.33 bits per heavy atom. The van der Waals surface area contributed by atoms with Crippen molar-refractivity contribution in [2.45, 2.75) is 19.8 Å². The van der Waals surface area contributed by atoms with Gasteiger partial charge < -0.3 is 15.7 Å². The number of nitrogens with one attached hydrogen (secondary N) is 2. The van der Waals surface area contributed by atoms with Crippen molar-refractivity contribution in [1.29, 1.82) is 0 Å². The van der Waals surface area contributed by atoms with Crippen LogP contribution in [0.2, 0.25) is 0 Å². The van der Waals surface area contributed by atoms with Crippen LogP contribution >= 0.6 is 0 Å². The Balaban J connectivity index is 2.51. The zero-order valence-electron chi connectivity index (χ0n) is 10.6. The molecule has 1 aromatic heterocycles. The minimum absolute atomic E-state index is 0.0163. The monoisotopic (exact) mass is 259 g/mol. The lowest BCUT2D eigenvalue weighted by molar-refractivity contribution is 0.229. The summed E-state index contributed by atoms with van der Waals surface area (Å²) in [5, 5.41) is 14.2. The van der Waals surface area contributed by atoms with Crippen LogP contribution < -0.4 is 10.6 Å². The molecular weight excluding hydrogens is 240 g/mol. The number of aliphatic hydroxyl groups excluding tert-OH is 1. The number of nitrogens with zero attached hydrogens (tertiary/aromatic N) is 1. The molecule has 0 aliphatic rings. The third kappa shape index (κ3) is 4.10. The van der Waals surface area contributed by atoms with Crippen molar-refractivity contribution in [2.75, 3.05) is 30.8 Å². The standard InChI is InChI=1S/C12H19F2N3O/c1-8(7-18)4-3-5-16-12-10(14)6-9(13)11(15-2)17-12/h6,8,18H,3-5,7H2,1-2H3,(H2,15,16,17). The molecule has 0 saturated heterocycles. The van der Waals surface area contributed by atoms with Crippen molar-refractivity contribution < 1.29 is 13.9 Å². The second kappa shape index (κ2) is 7.10. The van der Waals surface area contributed by atoms with Gasteiger partial charge in [0.15, 0.2) is 23.3 Å². The van der Waals surface area contributed by atoms with E-state index in [0.717, 1.165) is 18.9 Å². The normalized spacial score (nSPS) is 12.3. The van der Waals surface area contributed by atoms with Gasteiger partial charge in [0, 0.05) is 26.3 Å². The first-order chi connectivity index (χ1) is 8.58. The molecule has 0 aromatic carbocycles. The number of rotatable bonds is 7. The lowest BCUT2D eigenvalue weighted by Crippen LogP contribution is -2.10. The lowest BCUT2D eigenvalue weighted by atomic mass is 10.1. The molecule has 0 bridgehead atoms. The molecule has 1 unspecified atom stereocenters. The summed E-state index contributed by atoms with van der Waals surface area (Å²) in [6, 6.07) is 0.803. The van der Waals surface area contributed by atoms with Gasteiger partial charge in [0.05, 0.1) is 0 Å². The van der Waals surface area contributed by atoms with Gasteiger partial charge in [0.25, 0.3) is 0 Å². The van der Waals surface area contributed by atoms with Crippen molar-refractivity contribution in [3.8, 4) is 0 Å². The number of anilines is 2. The zero-order valence-corrected chi connectivity index (χ0v) is 10.6. The van der Waals surface area contributed by atoms with E-state index in [-0.39, 0.29) is 24.2 Å². The van der Waals surface area contributed by atoms with E-state index in [9.17, 15) is 8.78 Å². The van der Waals surface area contributed by atoms with E-state index in [0.29, 0.717) is 6.54 Å². The molecular formula is C12H19F2N3O. The first-order valence-corrected chi connectivity index (χ1v) is 5.97. The topological polar surface area (TPSA) is 57.2 Å². The van der Waals surface area contributed by atoms with Gasteiger partial charge in [-0.15, -0.1) is 0 Å². The van der Waals surface area contributed by atoms with E-state index in [4.69, 9.17) is 5.11 Å². The fraction of sp³-hybridized carbons (Fsp3) is 0.583. The Kier molecular flexibility index (Phi) is 5.77. The van der Waals surface area contributed by atoms with Gasteiger partial charge in [0.2, 0.25) is 0 Å². The van der Waals surface area contributed by atoms with Crippen molar-refractivity contribution in [3.05, 3.63) is 17.7 Å². The highest BCUT2D eigenvalue weighted by molar-refractivity contribution is 5.47. The second-order valence-electron chi connectivity index (χ2n) is 4.26. The van der Waals surface area contributed by atoms with E-state index < -0.39 is 11.6 Å². The molecule has 1 rings (SSSR count). The predicted molar refractivity (Wildman–Crippen MR) is 67.7 cm³/mol. The van der Waals surface area contributed by atoms with Crippen molar-refractivity contribution in [3.63, 3.8) is 0 Å². The zero-order chi connectivity index (χ0) is 13.5. The molecule has 1 heterocycles. The number of aliphatic hydroxyl groups is 1. The summed E-state index contributed by atoms with van der Waals surface area (Å²) in [6.45, 7) is 2.62. The summed E-state index contributed by atoms with van der Waals surface area (Å²) in [4.78, 5) is 3.81. The Morgan fingerprint density at radius 2 is 2.00 bits per heavy atom. The minimum Gasteiger partial charge on any atom is -0.396 e. The highest BCUT2D eigenvalue weighted by atomic mass is 19.1. The molecule has 0 aliphatic carbocycles. The smallest absolute Gasteiger partial charge is 0.168 e. The van der Waals surface area contributed by atoms with Crippen LogP contribution in [0.25, 0.3) is 0 Å². The van der Waals surface area contributed by atoms with Gasteiger partial charge in [-0.05, 0) is 18.8 Å². The summed E-state index contributed by atoms with van der Waals surface area (Å²) in [5.41, 5.74) is 0. The van der Waals surface area contributed by atoms with E-state index in [2.05, 4.69) is 15.6 Å². The Bertz CT molecular complexity index is 388. The highest BCUT2D eigenvalue weighted by Gasteiger charge is 2.10. The van der Waals surface area contributed by atoms with Crippen molar-refractivity contribution >= 4 is 11.6 Å². The summed E-state index contributed by atoms with van der Waals surface area (Å²) >= 11 is 0. The van der Waals surface area contributed by atoms with Crippen LogP contribution in [0.1, 0.15) is 19.8 Å². The minimum atomic E-state index is -0.713. The summed E-state index contributed by atoms with van der Waals surface area (Å²) < 4.78 is 26.5. The summed E-state index contributed by atoms with van der Waals surface area (Å²) in [7, 11) is 1.52. The Hall–Kier alpha value is -1.43. The maximum Gasteiger partial charge on any atom is 0.168 e. The molecule has 0 radical (unpaired) electrons. The largest absolute Gasteiger partial charge is 0.396 e. The average molecular weight is 259 g/mol. The SMILES string of the molecule is CNc1nc(NCCCC(C)CO)c(F)cc1F.